The van der Waals surface area contributed by atoms with Crippen molar-refractivity contribution in [3.8, 4) is 6.07 Å². The van der Waals surface area contributed by atoms with E-state index in [1.165, 1.54) is 18.2 Å². The lowest BCUT2D eigenvalue weighted by molar-refractivity contribution is -0.137. The van der Waals surface area contributed by atoms with Crippen molar-refractivity contribution in [2.45, 2.75) is 30.2 Å². The third-order valence-corrected chi connectivity index (χ3v) is 5.32. The molecule has 1 aliphatic carbocycles. The molecule has 1 saturated carbocycles. The van der Waals surface area contributed by atoms with Crippen molar-refractivity contribution in [2.24, 2.45) is 0 Å². The largest absolute Gasteiger partial charge is 0.480 e. The minimum Gasteiger partial charge on any atom is -0.480 e. The summed E-state index contributed by atoms with van der Waals surface area (Å²) in [4.78, 5) is 10.8. The van der Waals surface area contributed by atoms with E-state index in [2.05, 4.69) is 0 Å². The fourth-order valence-corrected chi connectivity index (χ4v) is 3.91. The molecule has 0 aliphatic heterocycles. The van der Waals surface area contributed by atoms with Crippen molar-refractivity contribution >= 4 is 16.0 Å². The highest BCUT2D eigenvalue weighted by atomic mass is 32.2. The first-order chi connectivity index (χ1) is 9.46. The summed E-state index contributed by atoms with van der Waals surface area (Å²) >= 11 is 0. The fraction of sp³-hybridized carbons (Fsp3) is 0.385. The second-order valence-corrected chi connectivity index (χ2v) is 6.50. The van der Waals surface area contributed by atoms with Gasteiger partial charge in [0.25, 0.3) is 0 Å². The Morgan fingerprint density at radius 1 is 1.40 bits per heavy atom. The average molecular weight is 294 g/mol. The molecule has 106 valence electrons. The van der Waals surface area contributed by atoms with Crippen LogP contribution in [0, 0.1) is 11.3 Å². The van der Waals surface area contributed by atoms with E-state index < -0.39 is 22.5 Å². The highest BCUT2D eigenvalue weighted by molar-refractivity contribution is 7.89. The molecule has 2 rings (SSSR count). The van der Waals surface area contributed by atoms with Crippen LogP contribution in [0.25, 0.3) is 0 Å². The molecule has 0 saturated heterocycles. The normalized spacial score (nSPS) is 15.6. The predicted molar refractivity (Wildman–Crippen MR) is 70.3 cm³/mol. The van der Waals surface area contributed by atoms with Crippen molar-refractivity contribution in [1.82, 2.24) is 4.31 Å². The van der Waals surface area contributed by atoms with E-state index in [0.717, 1.165) is 10.7 Å². The summed E-state index contributed by atoms with van der Waals surface area (Å²) in [6, 6.07) is 7.38. The lowest BCUT2D eigenvalue weighted by atomic mass is 9.93. The molecule has 0 bridgehead atoms. The number of nitrogens with zero attached hydrogens (tertiary/aromatic N) is 2. The summed E-state index contributed by atoms with van der Waals surface area (Å²) in [5, 5.41) is 17.9. The maximum Gasteiger partial charge on any atom is 0.318 e. The van der Waals surface area contributed by atoms with Crippen molar-refractivity contribution in [1.29, 1.82) is 5.26 Å². The molecule has 0 spiro atoms. The summed E-state index contributed by atoms with van der Waals surface area (Å²) in [6.45, 7) is -0.577. The highest BCUT2D eigenvalue weighted by Gasteiger charge is 2.37. The lowest BCUT2D eigenvalue weighted by Crippen LogP contribution is -2.46. The second-order valence-electron chi connectivity index (χ2n) is 4.64. The lowest BCUT2D eigenvalue weighted by Gasteiger charge is -2.35. The standard InChI is InChI=1S/C13H14N2O4S/c14-8-10-4-1-2-7-12(10)20(18,19)15(9-13(16)17)11-5-3-6-11/h1-2,4,7,11H,3,5-6,9H2,(H,16,17). The molecule has 0 unspecified atom stereocenters. The topological polar surface area (TPSA) is 98.5 Å². The van der Waals surface area contributed by atoms with Crippen LogP contribution in [0.1, 0.15) is 24.8 Å². The number of sulfonamides is 1. The number of benzene rings is 1. The summed E-state index contributed by atoms with van der Waals surface area (Å²) in [6.07, 6.45) is 2.19. The first-order valence-electron chi connectivity index (χ1n) is 6.19. The Labute approximate surface area is 117 Å². The van der Waals surface area contributed by atoms with Crippen molar-refractivity contribution in [3.63, 3.8) is 0 Å². The van der Waals surface area contributed by atoms with Gasteiger partial charge >= 0.3 is 5.97 Å². The summed E-state index contributed by atoms with van der Waals surface area (Å²) in [5.41, 5.74) is 0.0298. The van der Waals surface area contributed by atoms with Crippen LogP contribution in [-0.4, -0.2) is 36.4 Å². The van der Waals surface area contributed by atoms with Gasteiger partial charge < -0.3 is 5.11 Å². The number of aliphatic carboxylic acids is 1. The molecule has 1 aliphatic rings. The minimum atomic E-state index is -3.97. The van der Waals surface area contributed by atoms with E-state index >= 15 is 0 Å². The molecule has 1 N–H and O–H groups in total. The van der Waals surface area contributed by atoms with Gasteiger partial charge in [0.15, 0.2) is 0 Å². The molecule has 1 aromatic rings. The van der Waals surface area contributed by atoms with Crippen LogP contribution in [0.2, 0.25) is 0 Å². The van der Waals surface area contributed by atoms with Gasteiger partial charge in [0.2, 0.25) is 10.0 Å². The number of hydrogen-bond acceptors (Lipinski definition) is 4. The van der Waals surface area contributed by atoms with Gasteiger partial charge in [-0.05, 0) is 25.0 Å². The molecule has 0 atom stereocenters. The van der Waals surface area contributed by atoms with Gasteiger partial charge in [-0.15, -0.1) is 0 Å². The Morgan fingerprint density at radius 3 is 2.55 bits per heavy atom. The summed E-state index contributed by atoms with van der Waals surface area (Å²) in [5.74, 6) is -1.20. The maximum atomic E-state index is 12.6. The van der Waals surface area contributed by atoms with Gasteiger partial charge in [-0.2, -0.15) is 9.57 Å². The van der Waals surface area contributed by atoms with Gasteiger partial charge in [0.1, 0.15) is 12.6 Å². The van der Waals surface area contributed by atoms with Crippen LogP contribution >= 0.6 is 0 Å². The Kier molecular flexibility index (Phi) is 4.06. The SMILES string of the molecule is N#Cc1ccccc1S(=O)(=O)N(CC(=O)O)C1CCC1. The zero-order chi connectivity index (χ0) is 14.8. The first kappa shape index (κ1) is 14.5. The van der Waals surface area contributed by atoms with Crippen LogP contribution in [0.15, 0.2) is 29.2 Å². The number of carbonyl (C=O) groups is 1. The van der Waals surface area contributed by atoms with E-state index in [1.54, 1.807) is 6.07 Å². The van der Waals surface area contributed by atoms with Crippen LogP contribution in [-0.2, 0) is 14.8 Å². The molecule has 20 heavy (non-hydrogen) atoms. The molecule has 1 fully saturated rings. The monoisotopic (exact) mass is 294 g/mol. The van der Waals surface area contributed by atoms with Gasteiger partial charge in [0, 0.05) is 6.04 Å². The zero-order valence-electron chi connectivity index (χ0n) is 10.7. The van der Waals surface area contributed by atoms with E-state index in [1.807, 2.05) is 6.07 Å². The van der Waals surface area contributed by atoms with E-state index in [4.69, 9.17) is 10.4 Å². The number of nitriles is 1. The molecule has 1 aromatic carbocycles. The number of carboxylic acid groups (broad SMARTS) is 1. The van der Waals surface area contributed by atoms with Crippen LogP contribution in [0.3, 0.4) is 0 Å². The average Bonchev–Trinajstić information content (AvgIpc) is 2.35. The third kappa shape index (κ3) is 2.66. The number of carboxylic acids is 1. The van der Waals surface area contributed by atoms with Gasteiger partial charge in [0.05, 0.1) is 10.5 Å². The molecule has 0 radical (unpaired) electrons. The van der Waals surface area contributed by atoms with E-state index in [-0.39, 0.29) is 16.5 Å². The zero-order valence-corrected chi connectivity index (χ0v) is 11.5. The summed E-state index contributed by atoms with van der Waals surface area (Å²) in [7, 11) is -3.97. The van der Waals surface area contributed by atoms with Crippen molar-refractivity contribution in [2.75, 3.05) is 6.54 Å². The highest BCUT2D eigenvalue weighted by Crippen LogP contribution is 2.30. The molecule has 0 aromatic heterocycles. The Balaban J connectivity index is 2.45. The second kappa shape index (κ2) is 5.61. The van der Waals surface area contributed by atoms with E-state index in [0.29, 0.717) is 12.8 Å². The van der Waals surface area contributed by atoms with Crippen LogP contribution in [0.5, 0.6) is 0 Å². The van der Waals surface area contributed by atoms with Crippen LogP contribution in [0.4, 0.5) is 0 Å². The van der Waals surface area contributed by atoms with Crippen molar-refractivity contribution < 1.29 is 18.3 Å². The predicted octanol–water partition coefficient (Wildman–Crippen LogP) is 1.19. The molecular weight excluding hydrogens is 280 g/mol. The Hall–Kier alpha value is -1.91. The molecule has 0 heterocycles. The molecule has 7 heteroatoms. The van der Waals surface area contributed by atoms with Crippen molar-refractivity contribution in [3.05, 3.63) is 29.8 Å². The molecular formula is C13H14N2O4S. The number of rotatable bonds is 5. The van der Waals surface area contributed by atoms with Crippen LogP contribution < -0.4 is 0 Å². The van der Waals surface area contributed by atoms with Gasteiger partial charge in [-0.3, -0.25) is 4.79 Å². The van der Waals surface area contributed by atoms with E-state index in [9.17, 15) is 13.2 Å². The van der Waals surface area contributed by atoms with Gasteiger partial charge in [-0.1, -0.05) is 18.6 Å². The van der Waals surface area contributed by atoms with Gasteiger partial charge in [-0.25, -0.2) is 8.42 Å². The molecule has 6 nitrogen and oxygen atoms in total. The fourth-order valence-electron chi connectivity index (χ4n) is 2.13. The smallest absolute Gasteiger partial charge is 0.318 e. The third-order valence-electron chi connectivity index (χ3n) is 3.37. The maximum absolute atomic E-state index is 12.6. The quantitative estimate of drug-likeness (QED) is 0.879. The minimum absolute atomic E-state index is 0.0298. The Bertz CT molecular complexity index is 659. The number of hydrogen-bond donors (Lipinski definition) is 1. The summed E-state index contributed by atoms with van der Waals surface area (Å²) < 4.78 is 26.2. The molecule has 0 amide bonds. The Morgan fingerprint density at radius 2 is 2.05 bits per heavy atom. The first-order valence-corrected chi connectivity index (χ1v) is 7.63.